The molecule has 0 unspecified atom stereocenters. The summed E-state index contributed by atoms with van der Waals surface area (Å²) < 4.78 is 2.01. The molecule has 4 aromatic rings. The van der Waals surface area contributed by atoms with Crippen molar-refractivity contribution in [3.63, 3.8) is 0 Å². The lowest BCUT2D eigenvalue weighted by Gasteiger charge is -2.07. The number of thiazole rings is 1. The Hall–Kier alpha value is -3.24. The van der Waals surface area contributed by atoms with Gasteiger partial charge in [0.05, 0.1) is 10.6 Å². The Balaban J connectivity index is 1.88. The molecule has 0 bridgehead atoms. The molecule has 4 heteroatoms. The van der Waals surface area contributed by atoms with Gasteiger partial charge in [-0.2, -0.15) is 4.99 Å². The van der Waals surface area contributed by atoms with Crippen LogP contribution in [0.1, 0.15) is 15.9 Å². The fourth-order valence-corrected chi connectivity index (χ4v) is 4.25. The van der Waals surface area contributed by atoms with E-state index in [0.717, 1.165) is 27.3 Å². The van der Waals surface area contributed by atoms with Crippen LogP contribution in [0.15, 0.2) is 89.9 Å². The average molecular weight is 385 g/mol. The molecule has 0 radical (unpaired) electrons. The van der Waals surface area contributed by atoms with Gasteiger partial charge in [0, 0.05) is 12.6 Å². The standard InChI is InChI=1S/C24H20N2OS/c1-17-13-15-20(16-14-17)23(27)25-24-26(2)21(18-9-5-3-6-10-18)22(28-24)19-11-7-4-8-12-19/h3-16H,1-2H3. The van der Waals surface area contributed by atoms with Crippen LogP contribution in [0, 0.1) is 6.92 Å². The maximum atomic E-state index is 12.7. The van der Waals surface area contributed by atoms with Crippen LogP contribution in [0.2, 0.25) is 0 Å². The van der Waals surface area contributed by atoms with E-state index in [9.17, 15) is 4.79 Å². The summed E-state index contributed by atoms with van der Waals surface area (Å²) in [4.78, 5) is 18.9. The van der Waals surface area contributed by atoms with Crippen molar-refractivity contribution in [1.82, 2.24) is 4.57 Å². The predicted molar refractivity (Wildman–Crippen MR) is 115 cm³/mol. The largest absolute Gasteiger partial charge is 0.319 e. The zero-order valence-electron chi connectivity index (χ0n) is 15.8. The van der Waals surface area contributed by atoms with E-state index in [4.69, 9.17) is 0 Å². The summed E-state index contributed by atoms with van der Waals surface area (Å²) in [5.74, 6) is -0.226. The molecular formula is C24H20N2OS. The van der Waals surface area contributed by atoms with Crippen LogP contribution in [0.5, 0.6) is 0 Å². The summed E-state index contributed by atoms with van der Waals surface area (Å²) in [6.07, 6.45) is 0. The van der Waals surface area contributed by atoms with Crippen LogP contribution >= 0.6 is 11.3 Å². The number of carbonyl (C=O) groups excluding carboxylic acids is 1. The number of aryl methyl sites for hydroxylation is 1. The number of rotatable bonds is 3. The molecule has 0 aliphatic heterocycles. The summed E-state index contributed by atoms with van der Waals surface area (Å²) >= 11 is 1.54. The minimum atomic E-state index is -0.226. The number of aromatic nitrogens is 1. The van der Waals surface area contributed by atoms with Gasteiger partial charge < -0.3 is 4.57 Å². The summed E-state index contributed by atoms with van der Waals surface area (Å²) in [7, 11) is 1.96. The lowest BCUT2D eigenvalue weighted by Crippen LogP contribution is -2.14. The highest BCUT2D eigenvalue weighted by Gasteiger charge is 2.15. The van der Waals surface area contributed by atoms with Crippen LogP contribution in [-0.4, -0.2) is 10.5 Å². The Labute approximate surface area is 168 Å². The van der Waals surface area contributed by atoms with Crippen molar-refractivity contribution in [2.75, 3.05) is 0 Å². The van der Waals surface area contributed by atoms with Crippen LogP contribution in [0.25, 0.3) is 21.7 Å². The average Bonchev–Trinajstić information content (AvgIpc) is 3.06. The number of carbonyl (C=O) groups is 1. The molecule has 3 nitrogen and oxygen atoms in total. The van der Waals surface area contributed by atoms with Gasteiger partial charge >= 0.3 is 0 Å². The van der Waals surface area contributed by atoms with Crippen molar-refractivity contribution in [2.45, 2.75) is 6.92 Å². The molecule has 4 rings (SSSR count). The Kier molecular flexibility index (Phi) is 5.04. The molecule has 0 spiro atoms. The first kappa shape index (κ1) is 18.1. The maximum Gasteiger partial charge on any atom is 0.279 e. The molecule has 1 heterocycles. The number of benzene rings is 3. The monoisotopic (exact) mass is 384 g/mol. The maximum absolute atomic E-state index is 12.7. The first-order chi connectivity index (χ1) is 13.6. The summed E-state index contributed by atoms with van der Waals surface area (Å²) in [5, 5.41) is 0. The molecule has 0 saturated heterocycles. The first-order valence-electron chi connectivity index (χ1n) is 9.10. The lowest BCUT2D eigenvalue weighted by molar-refractivity contribution is 0.0998. The highest BCUT2D eigenvalue weighted by atomic mass is 32.1. The molecule has 0 N–H and O–H groups in total. The first-order valence-corrected chi connectivity index (χ1v) is 9.91. The highest BCUT2D eigenvalue weighted by Crippen LogP contribution is 2.34. The molecule has 0 saturated carbocycles. The Morgan fingerprint density at radius 2 is 1.39 bits per heavy atom. The SMILES string of the molecule is Cc1ccc(C(=O)N=c2sc(-c3ccccc3)c(-c3ccccc3)n2C)cc1. The van der Waals surface area contributed by atoms with Crippen molar-refractivity contribution in [2.24, 2.45) is 12.0 Å². The zero-order valence-corrected chi connectivity index (χ0v) is 16.6. The van der Waals surface area contributed by atoms with E-state index in [2.05, 4.69) is 29.3 Å². The minimum absolute atomic E-state index is 0.226. The summed E-state index contributed by atoms with van der Waals surface area (Å²) in [6.45, 7) is 2.00. The zero-order chi connectivity index (χ0) is 19.5. The third-order valence-electron chi connectivity index (χ3n) is 4.61. The van der Waals surface area contributed by atoms with Gasteiger partial charge in [-0.15, -0.1) is 0 Å². The topological polar surface area (TPSA) is 34.4 Å². The number of hydrogen-bond donors (Lipinski definition) is 0. The van der Waals surface area contributed by atoms with Crippen LogP contribution in [0.4, 0.5) is 0 Å². The van der Waals surface area contributed by atoms with Gasteiger partial charge in [0.25, 0.3) is 5.91 Å². The van der Waals surface area contributed by atoms with Crippen LogP contribution in [0.3, 0.4) is 0 Å². The fraction of sp³-hybridized carbons (Fsp3) is 0.0833. The van der Waals surface area contributed by atoms with Crippen molar-refractivity contribution in [1.29, 1.82) is 0 Å². The van der Waals surface area contributed by atoms with E-state index in [1.807, 2.05) is 79.2 Å². The molecule has 0 aliphatic rings. The van der Waals surface area contributed by atoms with Crippen LogP contribution in [-0.2, 0) is 7.05 Å². The predicted octanol–water partition coefficient (Wildman–Crippen LogP) is 5.47. The number of nitrogens with zero attached hydrogens (tertiary/aromatic N) is 2. The van der Waals surface area contributed by atoms with Gasteiger partial charge in [0.2, 0.25) is 0 Å². The molecule has 0 aliphatic carbocycles. The van der Waals surface area contributed by atoms with Crippen LogP contribution < -0.4 is 4.80 Å². The normalized spacial score (nSPS) is 11.6. The Morgan fingerprint density at radius 1 is 0.821 bits per heavy atom. The molecule has 3 aromatic carbocycles. The second-order valence-electron chi connectivity index (χ2n) is 6.64. The minimum Gasteiger partial charge on any atom is -0.319 e. The van der Waals surface area contributed by atoms with Gasteiger partial charge in [-0.25, -0.2) is 0 Å². The Morgan fingerprint density at radius 3 is 2.00 bits per heavy atom. The molecule has 138 valence electrons. The Bertz CT molecular complexity index is 1170. The van der Waals surface area contributed by atoms with Crippen molar-refractivity contribution >= 4 is 17.2 Å². The van der Waals surface area contributed by atoms with Gasteiger partial charge in [0.1, 0.15) is 0 Å². The van der Waals surface area contributed by atoms with E-state index in [0.29, 0.717) is 10.4 Å². The molecule has 28 heavy (non-hydrogen) atoms. The molecule has 1 aromatic heterocycles. The number of hydrogen-bond acceptors (Lipinski definition) is 2. The van der Waals surface area contributed by atoms with E-state index < -0.39 is 0 Å². The third kappa shape index (κ3) is 3.59. The smallest absolute Gasteiger partial charge is 0.279 e. The third-order valence-corrected chi connectivity index (χ3v) is 5.79. The molecular weight excluding hydrogens is 364 g/mol. The van der Waals surface area contributed by atoms with Gasteiger partial charge in [-0.3, -0.25) is 4.79 Å². The molecule has 0 fully saturated rings. The van der Waals surface area contributed by atoms with E-state index >= 15 is 0 Å². The second kappa shape index (κ2) is 7.79. The highest BCUT2D eigenvalue weighted by molar-refractivity contribution is 7.13. The van der Waals surface area contributed by atoms with Crippen molar-refractivity contribution in [3.8, 4) is 21.7 Å². The van der Waals surface area contributed by atoms with Gasteiger partial charge in [0.15, 0.2) is 4.80 Å². The van der Waals surface area contributed by atoms with E-state index in [1.54, 1.807) is 0 Å². The fourth-order valence-electron chi connectivity index (χ4n) is 3.11. The van der Waals surface area contributed by atoms with E-state index in [-0.39, 0.29) is 5.91 Å². The number of amides is 1. The molecule has 0 atom stereocenters. The summed E-state index contributed by atoms with van der Waals surface area (Å²) in [6, 6.07) is 28.0. The van der Waals surface area contributed by atoms with Gasteiger partial charge in [-0.05, 0) is 30.2 Å². The quantitative estimate of drug-likeness (QED) is 0.461. The van der Waals surface area contributed by atoms with Crippen molar-refractivity contribution < 1.29 is 4.79 Å². The van der Waals surface area contributed by atoms with Gasteiger partial charge in [-0.1, -0.05) is 89.7 Å². The summed E-state index contributed by atoms with van der Waals surface area (Å²) in [5.41, 5.74) is 5.00. The second-order valence-corrected chi connectivity index (χ2v) is 7.61. The molecule has 1 amide bonds. The van der Waals surface area contributed by atoms with Crippen molar-refractivity contribution in [3.05, 3.63) is 101 Å². The lowest BCUT2D eigenvalue weighted by atomic mass is 10.1. The van der Waals surface area contributed by atoms with E-state index in [1.165, 1.54) is 11.3 Å².